The molecule has 1 aliphatic rings. The van der Waals surface area contributed by atoms with Crippen molar-refractivity contribution in [2.45, 2.75) is 44.8 Å². The van der Waals surface area contributed by atoms with E-state index < -0.39 is 10.0 Å². The number of anilines is 1. The minimum atomic E-state index is -3.68. The van der Waals surface area contributed by atoms with Crippen molar-refractivity contribution in [1.29, 1.82) is 0 Å². The molecular weight excluding hydrogens is 416 g/mol. The minimum Gasteiger partial charge on any atom is -0.497 e. The fourth-order valence-corrected chi connectivity index (χ4v) is 4.81. The van der Waals surface area contributed by atoms with Crippen LogP contribution in [0.4, 0.5) is 5.69 Å². The highest BCUT2D eigenvalue weighted by atomic mass is 32.2. The molecule has 2 aromatic carbocycles. The van der Waals surface area contributed by atoms with E-state index >= 15 is 0 Å². The molecule has 0 aromatic heterocycles. The Balaban J connectivity index is 1.85. The molecule has 0 spiro atoms. The van der Waals surface area contributed by atoms with Crippen molar-refractivity contribution in [3.05, 3.63) is 54.1 Å². The second-order valence-electron chi connectivity index (χ2n) is 7.83. The van der Waals surface area contributed by atoms with Crippen molar-refractivity contribution < 1.29 is 22.7 Å². The van der Waals surface area contributed by atoms with Crippen LogP contribution in [0, 0.1) is 0 Å². The van der Waals surface area contributed by atoms with Gasteiger partial charge in [-0.3, -0.25) is 9.10 Å². The van der Waals surface area contributed by atoms with E-state index in [2.05, 4.69) is 19.2 Å². The lowest BCUT2D eigenvalue weighted by atomic mass is 9.83. The molecule has 1 unspecified atom stereocenters. The molecule has 1 amide bonds. The summed E-state index contributed by atoms with van der Waals surface area (Å²) in [6.07, 6.45) is 3.33. The number of ether oxygens (including phenoxy) is 2. The first-order valence-corrected chi connectivity index (χ1v) is 12.2. The number of para-hydroxylation sites is 1. The first-order chi connectivity index (χ1) is 14.7. The number of hydrogen-bond acceptors (Lipinski definition) is 5. The Morgan fingerprint density at radius 1 is 1.19 bits per heavy atom. The highest BCUT2D eigenvalue weighted by molar-refractivity contribution is 7.92. The molecule has 1 N–H and O–H groups in total. The average Bonchev–Trinajstić information content (AvgIpc) is 2.76. The van der Waals surface area contributed by atoms with Crippen molar-refractivity contribution in [3.63, 3.8) is 0 Å². The van der Waals surface area contributed by atoms with E-state index in [1.54, 1.807) is 24.3 Å². The number of fused-ring (bicyclic) bond motifs is 1. The Kier molecular flexibility index (Phi) is 6.79. The van der Waals surface area contributed by atoms with Crippen molar-refractivity contribution >= 4 is 21.6 Å². The fraction of sp³-hybridized carbons (Fsp3) is 0.435. The normalized spacial score (nSPS) is 17.2. The summed E-state index contributed by atoms with van der Waals surface area (Å²) < 4.78 is 37.4. The lowest BCUT2D eigenvalue weighted by Gasteiger charge is -2.41. The summed E-state index contributed by atoms with van der Waals surface area (Å²) in [4.78, 5) is 13.0. The van der Waals surface area contributed by atoms with Gasteiger partial charge in [-0.05, 0) is 31.0 Å². The zero-order valence-electron chi connectivity index (χ0n) is 18.4. The molecule has 1 heterocycles. The van der Waals surface area contributed by atoms with Crippen LogP contribution in [-0.2, 0) is 14.8 Å². The number of amides is 1. The predicted octanol–water partition coefficient (Wildman–Crippen LogP) is 3.66. The Morgan fingerprint density at radius 2 is 1.90 bits per heavy atom. The molecule has 0 fully saturated rings. The molecule has 0 bridgehead atoms. The maximum Gasteiger partial charge on any atom is 0.241 e. The van der Waals surface area contributed by atoms with E-state index in [0.717, 1.165) is 34.7 Å². The van der Waals surface area contributed by atoms with Crippen LogP contribution in [0.1, 0.15) is 44.7 Å². The Morgan fingerprint density at radius 3 is 2.55 bits per heavy atom. The van der Waals surface area contributed by atoms with Crippen LogP contribution in [0.3, 0.4) is 0 Å². The Labute approximate surface area is 184 Å². The molecule has 1 atom stereocenters. The van der Waals surface area contributed by atoms with Crippen LogP contribution in [0.15, 0.2) is 48.5 Å². The molecule has 0 saturated heterocycles. The third kappa shape index (κ3) is 5.12. The van der Waals surface area contributed by atoms with E-state index in [1.807, 2.05) is 24.3 Å². The smallest absolute Gasteiger partial charge is 0.241 e. The third-order valence-electron chi connectivity index (χ3n) is 5.85. The minimum absolute atomic E-state index is 0.260. The predicted molar refractivity (Wildman–Crippen MR) is 121 cm³/mol. The number of benzene rings is 2. The Bertz CT molecular complexity index is 1030. The van der Waals surface area contributed by atoms with Crippen molar-refractivity contribution in [2.24, 2.45) is 0 Å². The maximum absolute atomic E-state index is 13.0. The maximum atomic E-state index is 13.0. The van der Waals surface area contributed by atoms with Gasteiger partial charge in [-0.1, -0.05) is 38.1 Å². The van der Waals surface area contributed by atoms with E-state index in [1.165, 1.54) is 7.11 Å². The summed E-state index contributed by atoms with van der Waals surface area (Å²) in [6, 6.07) is 14.0. The largest absolute Gasteiger partial charge is 0.497 e. The number of methoxy groups -OCH3 is 1. The zero-order chi connectivity index (χ0) is 22.6. The summed E-state index contributed by atoms with van der Waals surface area (Å²) in [5.74, 6) is 0.896. The molecule has 8 heteroatoms. The number of rotatable bonds is 8. The monoisotopic (exact) mass is 446 g/mol. The highest BCUT2D eigenvalue weighted by Crippen LogP contribution is 2.42. The molecule has 3 rings (SSSR count). The van der Waals surface area contributed by atoms with E-state index in [9.17, 15) is 13.2 Å². The SMILES string of the molecule is CCC1(CC)CC(NC(=O)CN(c2cccc(OC)c2)S(C)(=O)=O)c2ccccc2O1. The van der Waals surface area contributed by atoms with Gasteiger partial charge in [-0.2, -0.15) is 0 Å². The van der Waals surface area contributed by atoms with Gasteiger partial charge in [0.25, 0.3) is 0 Å². The number of nitrogens with one attached hydrogen (secondary N) is 1. The summed E-state index contributed by atoms with van der Waals surface area (Å²) in [5.41, 5.74) is 0.914. The molecular formula is C23H30N2O5S. The first-order valence-electron chi connectivity index (χ1n) is 10.4. The molecule has 168 valence electrons. The number of carbonyl (C=O) groups is 1. The van der Waals surface area contributed by atoms with Crippen molar-refractivity contribution in [1.82, 2.24) is 5.32 Å². The number of nitrogens with zero attached hydrogens (tertiary/aromatic N) is 1. The topological polar surface area (TPSA) is 84.9 Å². The lowest BCUT2D eigenvalue weighted by Crippen LogP contribution is -2.47. The summed E-state index contributed by atoms with van der Waals surface area (Å²) >= 11 is 0. The van der Waals surface area contributed by atoms with Crippen LogP contribution < -0.4 is 19.1 Å². The molecule has 0 aliphatic carbocycles. The number of hydrogen-bond donors (Lipinski definition) is 1. The average molecular weight is 447 g/mol. The summed E-state index contributed by atoms with van der Waals surface area (Å²) in [6.45, 7) is 3.83. The molecule has 2 aromatic rings. The van der Waals surface area contributed by atoms with Gasteiger partial charge in [-0.15, -0.1) is 0 Å². The van der Waals surface area contributed by atoms with Gasteiger partial charge < -0.3 is 14.8 Å². The van der Waals surface area contributed by atoms with Crippen LogP contribution in [0.5, 0.6) is 11.5 Å². The zero-order valence-corrected chi connectivity index (χ0v) is 19.2. The van der Waals surface area contributed by atoms with Crippen LogP contribution in [-0.4, -0.2) is 39.8 Å². The van der Waals surface area contributed by atoms with Crippen LogP contribution in [0.2, 0.25) is 0 Å². The van der Waals surface area contributed by atoms with Crippen LogP contribution in [0.25, 0.3) is 0 Å². The van der Waals surface area contributed by atoms with Gasteiger partial charge >= 0.3 is 0 Å². The molecule has 7 nitrogen and oxygen atoms in total. The van der Waals surface area contributed by atoms with Gasteiger partial charge in [0.15, 0.2) is 0 Å². The van der Waals surface area contributed by atoms with Gasteiger partial charge in [0.1, 0.15) is 23.6 Å². The van der Waals surface area contributed by atoms with Crippen LogP contribution >= 0.6 is 0 Å². The number of sulfonamides is 1. The third-order valence-corrected chi connectivity index (χ3v) is 6.99. The van der Waals surface area contributed by atoms with Crippen molar-refractivity contribution in [2.75, 3.05) is 24.2 Å². The molecule has 0 saturated carbocycles. The highest BCUT2D eigenvalue weighted by Gasteiger charge is 2.39. The summed E-state index contributed by atoms with van der Waals surface area (Å²) in [5, 5.41) is 3.04. The van der Waals surface area contributed by atoms with Gasteiger partial charge in [-0.25, -0.2) is 8.42 Å². The van der Waals surface area contributed by atoms with Gasteiger partial charge in [0.05, 0.1) is 25.1 Å². The van der Waals surface area contributed by atoms with Gasteiger partial charge in [0.2, 0.25) is 15.9 Å². The first kappa shape index (κ1) is 22.9. The molecule has 1 aliphatic heterocycles. The summed E-state index contributed by atoms with van der Waals surface area (Å²) in [7, 11) is -2.17. The quantitative estimate of drug-likeness (QED) is 0.669. The fourth-order valence-electron chi connectivity index (χ4n) is 3.97. The van der Waals surface area contributed by atoms with E-state index in [-0.39, 0.29) is 24.1 Å². The van der Waals surface area contributed by atoms with E-state index in [0.29, 0.717) is 17.9 Å². The second kappa shape index (κ2) is 9.18. The van der Waals surface area contributed by atoms with E-state index in [4.69, 9.17) is 9.47 Å². The second-order valence-corrected chi connectivity index (χ2v) is 9.73. The Hall–Kier alpha value is -2.74. The molecule has 31 heavy (non-hydrogen) atoms. The van der Waals surface area contributed by atoms with Gasteiger partial charge in [0, 0.05) is 18.1 Å². The molecule has 0 radical (unpaired) electrons. The standard InChI is InChI=1S/C23H30N2O5S/c1-5-23(6-2)15-20(19-12-7-8-13-21(19)30-23)24-22(26)16-25(31(4,27)28)17-10-9-11-18(14-17)29-3/h7-14,20H,5-6,15-16H2,1-4H3,(H,24,26). The lowest BCUT2D eigenvalue weighted by molar-refractivity contribution is -0.121. The van der Waals surface area contributed by atoms with Crippen molar-refractivity contribution in [3.8, 4) is 11.5 Å². The number of carbonyl (C=O) groups excluding carboxylic acids is 1.